The van der Waals surface area contributed by atoms with Crippen molar-refractivity contribution in [2.75, 3.05) is 24.2 Å². The van der Waals surface area contributed by atoms with Gasteiger partial charge in [-0.25, -0.2) is 8.42 Å². The van der Waals surface area contributed by atoms with Gasteiger partial charge in [-0.1, -0.05) is 71.2 Å². The molecule has 1 atom stereocenters. The Bertz CT molecular complexity index is 1530. The molecule has 0 aliphatic rings. The molecule has 3 aromatic rings. The molecule has 1 N–H and O–H groups in total. The van der Waals surface area contributed by atoms with E-state index in [4.69, 9.17) is 39.5 Å². The van der Waals surface area contributed by atoms with E-state index < -0.39 is 40.0 Å². The van der Waals surface area contributed by atoms with E-state index in [0.29, 0.717) is 10.6 Å². The number of halogens is 3. The van der Waals surface area contributed by atoms with Gasteiger partial charge < -0.3 is 15.0 Å². The zero-order valence-corrected chi connectivity index (χ0v) is 27.1. The van der Waals surface area contributed by atoms with Crippen LogP contribution in [-0.4, -0.2) is 56.6 Å². The van der Waals surface area contributed by atoms with Crippen molar-refractivity contribution in [3.05, 3.63) is 92.9 Å². The minimum absolute atomic E-state index is 0.0466. The molecular weight excluding hydrogens is 621 g/mol. The van der Waals surface area contributed by atoms with Gasteiger partial charge in [-0.05, 0) is 62.2 Å². The highest BCUT2D eigenvalue weighted by molar-refractivity contribution is 7.92. The predicted octanol–water partition coefficient (Wildman–Crippen LogP) is 5.98. The van der Waals surface area contributed by atoms with Gasteiger partial charge in [-0.2, -0.15) is 0 Å². The van der Waals surface area contributed by atoms with E-state index in [0.717, 1.165) is 16.1 Å². The fraction of sp³-hybridized carbons (Fsp3) is 0.333. The fourth-order valence-electron chi connectivity index (χ4n) is 4.29. The van der Waals surface area contributed by atoms with Crippen LogP contribution in [0.5, 0.6) is 5.75 Å². The average molecular weight is 655 g/mol. The summed E-state index contributed by atoms with van der Waals surface area (Å²) in [5, 5.41) is 3.84. The Balaban J connectivity index is 2.14. The lowest BCUT2D eigenvalue weighted by atomic mass is 10.0. The van der Waals surface area contributed by atoms with Crippen molar-refractivity contribution >= 4 is 62.3 Å². The summed E-state index contributed by atoms with van der Waals surface area (Å²) < 4.78 is 32.4. The van der Waals surface area contributed by atoms with E-state index in [2.05, 4.69) is 5.32 Å². The molecule has 12 heteroatoms. The lowest BCUT2D eigenvalue weighted by Gasteiger charge is -2.35. The Morgan fingerprint density at radius 3 is 2.17 bits per heavy atom. The lowest BCUT2D eigenvalue weighted by molar-refractivity contribution is -0.140. The van der Waals surface area contributed by atoms with Crippen molar-refractivity contribution in [3.8, 4) is 5.75 Å². The molecule has 8 nitrogen and oxygen atoms in total. The maximum absolute atomic E-state index is 14.2. The van der Waals surface area contributed by atoms with E-state index in [9.17, 15) is 18.0 Å². The maximum Gasteiger partial charge on any atom is 0.244 e. The van der Waals surface area contributed by atoms with Gasteiger partial charge in [0.15, 0.2) is 0 Å². The minimum atomic E-state index is -4.01. The molecule has 0 aliphatic heterocycles. The number of ether oxygens (including phenoxy) is 1. The van der Waals surface area contributed by atoms with E-state index in [1.54, 1.807) is 24.3 Å². The number of methoxy groups -OCH3 is 1. The first-order chi connectivity index (χ1) is 19.6. The fourth-order valence-corrected chi connectivity index (χ4v) is 5.63. The van der Waals surface area contributed by atoms with Crippen molar-refractivity contribution in [1.29, 1.82) is 0 Å². The van der Waals surface area contributed by atoms with E-state index >= 15 is 0 Å². The summed E-state index contributed by atoms with van der Waals surface area (Å²) in [7, 11) is -2.62. The van der Waals surface area contributed by atoms with E-state index in [1.165, 1.54) is 24.1 Å². The zero-order chi connectivity index (χ0) is 31.2. The summed E-state index contributed by atoms with van der Waals surface area (Å²) in [6.45, 7) is 4.85. The number of hydrogen-bond acceptors (Lipinski definition) is 5. The van der Waals surface area contributed by atoms with E-state index in [1.807, 2.05) is 51.1 Å². The Labute approximate surface area is 262 Å². The number of benzene rings is 3. The summed E-state index contributed by atoms with van der Waals surface area (Å²) in [6, 6.07) is 17.6. The monoisotopic (exact) mass is 653 g/mol. The topological polar surface area (TPSA) is 96.0 Å². The summed E-state index contributed by atoms with van der Waals surface area (Å²) >= 11 is 18.6. The summed E-state index contributed by atoms with van der Waals surface area (Å²) in [5.41, 5.74) is 0.909. The minimum Gasteiger partial charge on any atom is -0.495 e. The zero-order valence-electron chi connectivity index (χ0n) is 24.0. The largest absolute Gasteiger partial charge is 0.495 e. The van der Waals surface area contributed by atoms with Crippen LogP contribution in [0.25, 0.3) is 0 Å². The van der Waals surface area contributed by atoms with Gasteiger partial charge in [0.25, 0.3) is 0 Å². The van der Waals surface area contributed by atoms with Crippen LogP contribution in [-0.2, 0) is 32.6 Å². The highest BCUT2D eigenvalue weighted by atomic mass is 35.5. The van der Waals surface area contributed by atoms with Crippen LogP contribution in [0.1, 0.15) is 31.9 Å². The van der Waals surface area contributed by atoms with Crippen molar-refractivity contribution in [2.24, 2.45) is 0 Å². The van der Waals surface area contributed by atoms with Gasteiger partial charge in [-0.15, -0.1) is 0 Å². The molecule has 0 saturated heterocycles. The second-order valence-corrected chi connectivity index (χ2v) is 14.0. The molecule has 0 saturated carbocycles. The molecule has 0 unspecified atom stereocenters. The number of sulfonamides is 1. The molecular formula is C30H34Cl3N3O5S. The molecule has 3 aromatic carbocycles. The summed E-state index contributed by atoms with van der Waals surface area (Å²) in [5.74, 6) is -0.815. The normalized spacial score (nSPS) is 12.4. The highest BCUT2D eigenvalue weighted by Crippen LogP contribution is 2.33. The van der Waals surface area contributed by atoms with Crippen LogP contribution in [0.15, 0.2) is 66.7 Å². The van der Waals surface area contributed by atoms with Gasteiger partial charge >= 0.3 is 0 Å². The van der Waals surface area contributed by atoms with Gasteiger partial charge in [0.2, 0.25) is 21.8 Å². The van der Waals surface area contributed by atoms with Crippen molar-refractivity contribution in [1.82, 2.24) is 10.2 Å². The number of amides is 2. The van der Waals surface area contributed by atoms with Crippen LogP contribution >= 0.6 is 34.8 Å². The maximum atomic E-state index is 14.2. The molecule has 3 rings (SSSR count). The molecule has 0 fully saturated rings. The lowest BCUT2D eigenvalue weighted by Crippen LogP contribution is -2.56. The molecule has 0 radical (unpaired) electrons. The average Bonchev–Trinajstić information content (AvgIpc) is 2.90. The molecule has 0 aliphatic carbocycles. The van der Waals surface area contributed by atoms with Crippen LogP contribution in [0.2, 0.25) is 15.1 Å². The second kappa shape index (κ2) is 14.0. The highest BCUT2D eigenvalue weighted by Gasteiger charge is 2.35. The smallest absolute Gasteiger partial charge is 0.244 e. The van der Waals surface area contributed by atoms with Crippen LogP contribution < -0.4 is 14.4 Å². The number of carbonyl (C=O) groups excluding carboxylic acids is 2. The Hall–Kier alpha value is -2.98. The first-order valence-corrected chi connectivity index (χ1v) is 16.0. The van der Waals surface area contributed by atoms with Crippen molar-refractivity contribution in [3.63, 3.8) is 0 Å². The Morgan fingerprint density at radius 2 is 1.60 bits per heavy atom. The van der Waals surface area contributed by atoms with Crippen molar-refractivity contribution < 1.29 is 22.7 Å². The van der Waals surface area contributed by atoms with Gasteiger partial charge in [0, 0.05) is 23.5 Å². The third-order valence-corrected chi connectivity index (χ3v) is 8.30. The summed E-state index contributed by atoms with van der Waals surface area (Å²) in [6.07, 6.45) is 1.16. The number of anilines is 1. The number of nitrogens with one attached hydrogen (secondary N) is 1. The number of rotatable bonds is 11. The van der Waals surface area contributed by atoms with Gasteiger partial charge in [0.05, 0.1) is 29.1 Å². The molecule has 226 valence electrons. The van der Waals surface area contributed by atoms with Crippen molar-refractivity contribution in [2.45, 2.75) is 45.3 Å². The number of carbonyl (C=O) groups is 2. The summed E-state index contributed by atoms with van der Waals surface area (Å²) in [4.78, 5) is 29.4. The molecule has 0 bridgehead atoms. The standard InChI is InChI=1S/C30H34Cl3N3O5S/c1-30(2,3)34-29(38)26(16-20-9-7-6-8-10-20)35(18-21-11-13-23(32)24(33)15-21)28(37)19-36(42(5,39)40)25-17-22(31)12-14-27(25)41-4/h6-15,17,26H,16,18-19H2,1-5H3,(H,34,38)/t26-/m0/s1. The molecule has 0 spiro atoms. The van der Waals surface area contributed by atoms with Crippen LogP contribution in [0, 0.1) is 0 Å². The first kappa shape index (κ1) is 33.5. The SMILES string of the molecule is COc1ccc(Cl)cc1N(CC(=O)N(Cc1ccc(Cl)c(Cl)c1)[C@@H](Cc1ccccc1)C(=O)NC(C)(C)C)S(C)(=O)=O. The Morgan fingerprint density at radius 1 is 0.929 bits per heavy atom. The molecule has 0 aromatic heterocycles. The molecule has 42 heavy (non-hydrogen) atoms. The molecule has 2 amide bonds. The third-order valence-electron chi connectivity index (χ3n) is 6.20. The van der Waals surface area contributed by atoms with E-state index in [-0.39, 0.29) is 34.4 Å². The number of hydrogen-bond donors (Lipinski definition) is 1. The quantitative estimate of drug-likeness (QED) is 0.275. The predicted molar refractivity (Wildman–Crippen MR) is 169 cm³/mol. The van der Waals surface area contributed by atoms with Crippen LogP contribution in [0.3, 0.4) is 0 Å². The first-order valence-electron chi connectivity index (χ1n) is 13.0. The molecule has 0 heterocycles. The Kier molecular flexibility index (Phi) is 11.2. The second-order valence-electron chi connectivity index (χ2n) is 10.8. The third kappa shape index (κ3) is 9.26. The van der Waals surface area contributed by atoms with Crippen LogP contribution in [0.4, 0.5) is 5.69 Å². The number of nitrogens with zero attached hydrogens (tertiary/aromatic N) is 2. The van der Waals surface area contributed by atoms with Gasteiger partial charge in [0.1, 0.15) is 18.3 Å². The van der Waals surface area contributed by atoms with Gasteiger partial charge in [-0.3, -0.25) is 13.9 Å².